The van der Waals surface area contributed by atoms with Gasteiger partial charge in [0.1, 0.15) is 0 Å². The van der Waals surface area contributed by atoms with Gasteiger partial charge in [-0.3, -0.25) is 4.79 Å². The van der Waals surface area contributed by atoms with E-state index in [1.807, 2.05) is 0 Å². The Hall–Kier alpha value is -1.84. The maximum absolute atomic E-state index is 11.8. The highest BCUT2D eigenvalue weighted by molar-refractivity contribution is 7.89. The van der Waals surface area contributed by atoms with Crippen molar-refractivity contribution in [2.24, 2.45) is 0 Å². The number of hydrogen-bond donors (Lipinski definition) is 2. The third-order valence-electron chi connectivity index (χ3n) is 2.70. The van der Waals surface area contributed by atoms with Gasteiger partial charge in [0.15, 0.2) is 0 Å². The smallest absolute Gasteiger partial charge is 0.251 e. The molecule has 0 heterocycles. The molecule has 0 bridgehead atoms. The van der Waals surface area contributed by atoms with Gasteiger partial charge in [0.05, 0.1) is 11.4 Å². The first-order valence-electron chi connectivity index (χ1n) is 5.87. The molecule has 1 fully saturated rings. The predicted molar refractivity (Wildman–Crippen MR) is 71.0 cm³/mol. The van der Waals surface area contributed by atoms with Crippen molar-refractivity contribution in [1.29, 1.82) is 0 Å². The number of terminal acetylenes is 1. The van der Waals surface area contributed by atoms with E-state index in [-0.39, 0.29) is 23.4 Å². The molecule has 100 valence electrons. The normalized spacial score (nSPS) is 14.7. The first-order valence-corrected chi connectivity index (χ1v) is 7.35. The van der Waals surface area contributed by atoms with Crippen molar-refractivity contribution in [3.63, 3.8) is 0 Å². The number of nitrogens with one attached hydrogen (secondary N) is 2. The van der Waals surface area contributed by atoms with Crippen LogP contribution in [0.15, 0.2) is 29.2 Å². The molecule has 1 saturated carbocycles. The van der Waals surface area contributed by atoms with E-state index in [1.54, 1.807) is 0 Å². The minimum absolute atomic E-state index is 0.0632. The average molecular weight is 278 g/mol. The maximum atomic E-state index is 11.8. The van der Waals surface area contributed by atoms with Gasteiger partial charge in [-0.1, -0.05) is 5.92 Å². The first-order chi connectivity index (χ1) is 9.03. The van der Waals surface area contributed by atoms with Crippen LogP contribution >= 0.6 is 0 Å². The van der Waals surface area contributed by atoms with Crippen LogP contribution < -0.4 is 10.0 Å². The van der Waals surface area contributed by atoms with E-state index in [0.717, 1.165) is 12.8 Å². The third kappa shape index (κ3) is 3.56. The molecule has 0 aromatic heterocycles. The van der Waals surface area contributed by atoms with Gasteiger partial charge in [-0.05, 0) is 37.1 Å². The van der Waals surface area contributed by atoms with Gasteiger partial charge in [0, 0.05) is 11.6 Å². The summed E-state index contributed by atoms with van der Waals surface area (Å²) in [7, 11) is -3.60. The topological polar surface area (TPSA) is 75.3 Å². The lowest BCUT2D eigenvalue weighted by Gasteiger charge is -2.06. The van der Waals surface area contributed by atoms with Crippen LogP contribution in [-0.2, 0) is 10.0 Å². The first kappa shape index (κ1) is 13.6. The minimum Gasteiger partial charge on any atom is -0.349 e. The van der Waals surface area contributed by atoms with Crippen LogP contribution in [-0.4, -0.2) is 26.9 Å². The van der Waals surface area contributed by atoms with Crippen LogP contribution in [0.5, 0.6) is 0 Å². The lowest BCUT2D eigenvalue weighted by molar-refractivity contribution is 0.0951. The van der Waals surface area contributed by atoms with E-state index in [4.69, 9.17) is 6.42 Å². The Morgan fingerprint density at radius 3 is 2.47 bits per heavy atom. The monoisotopic (exact) mass is 278 g/mol. The summed E-state index contributed by atoms with van der Waals surface area (Å²) in [4.78, 5) is 11.8. The van der Waals surface area contributed by atoms with Crippen molar-refractivity contribution in [1.82, 2.24) is 10.0 Å². The summed E-state index contributed by atoms with van der Waals surface area (Å²) < 4.78 is 25.8. The van der Waals surface area contributed by atoms with Gasteiger partial charge in [-0.2, -0.15) is 4.72 Å². The number of sulfonamides is 1. The van der Waals surface area contributed by atoms with Crippen LogP contribution in [0.1, 0.15) is 23.2 Å². The summed E-state index contributed by atoms with van der Waals surface area (Å²) in [6, 6.07) is 6.03. The molecule has 0 saturated heterocycles. The fraction of sp³-hybridized carbons (Fsp3) is 0.308. The van der Waals surface area contributed by atoms with Crippen LogP contribution in [0.2, 0.25) is 0 Å². The average Bonchev–Trinajstić information content (AvgIpc) is 3.20. The molecule has 19 heavy (non-hydrogen) atoms. The van der Waals surface area contributed by atoms with E-state index in [1.165, 1.54) is 24.3 Å². The quantitative estimate of drug-likeness (QED) is 0.770. The third-order valence-corrected chi connectivity index (χ3v) is 4.12. The standard InChI is InChI=1S/C13H14N2O3S/c1-2-9-14-19(17,18)12-7-3-10(4-8-12)13(16)15-11-5-6-11/h1,3-4,7-8,11,14H,5-6,9H2,(H,15,16). The van der Waals surface area contributed by atoms with Gasteiger partial charge in [-0.15, -0.1) is 6.42 Å². The Balaban J connectivity index is 2.09. The van der Waals surface area contributed by atoms with Crippen molar-refractivity contribution in [2.75, 3.05) is 6.54 Å². The highest BCUT2D eigenvalue weighted by Crippen LogP contribution is 2.19. The SMILES string of the molecule is C#CCNS(=O)(=O)c1ccc(C(=O)NC2CC2)cc1. The number of carbonyl (C=O) groups is 1. The largest absolute Gasteiger partial charge is 0.349 e. The number of hydrogen-bond acceptors (Lipinski definition) is 3. The van der Waals surface area contributed by atoms with E-state index < -0.39 is 10.0 Å². The molecule has 0 aliphatic heterocycles. The van der Waals surface area contributed by atoms with Crippen molar-refractivity contribution in [3.05, 3.63) is 29.8 Å². The second kappa shape index (κ2) is 5.43. The van der Waals surface area contributed by atoms with Crippen LogP contribution in [0.3, 0.4) is 0 Å². The van der Waals surface area contributed by atoms with E-state index in [2.05, 4.69) is 16.0 Å². The van der Waals surface area contributed by atoms with Crippen molar-refractivity contribution in [3.8, 4) is 12.3 Å². The summed E-state index contributed by atoms with van der Waals surface area (Å²) >= 11 is 0. The molecule has 1 aliphatic rings. The molecule has 0 spiro atoms. The summed E-state index contributed by atoms with van der Waals surface area (Å²) in [6.45, 7) is -0.0632. The van der Waals surface area contributed by atoms with Gasteiger partial charge < -0.3 is 5.32 Å². The molecule has 1 aromatic carbocycles. The molecule has 5 nitrogen and oxygen atoms in total. The molecule has 0 unspecified atom stereocenters. The summed E-state index contributed by atoms with van der Waals surface area (Å²) in [5.41, 5.74) is 0.447. The highest BCUT2D eigenvalue weighted by atomic mass is 32.2. The molecular formula is C13H14N2O3S. The number of rotatable bonds is 5. The van der Waals surface area contributed by atoms with Gasteiger partial charge in [0.2, 0.25) is 10.0 Å². The summed E-state index contributed by atoms with van der Waals surface area (Å²) in [5.74, 6) is 2.02. The Kier molecular flexibility index (Phi) is 3.88. The molecule has 1 aromatic rings. The van der Waals surface area contributed by atoms with Crippen molar-refractivity contribution >= 4 is 15.9 Å². The lowest BCUT2D eigenvalue weighted by Crippen LogP contribution is -2.26. The van der Waals surface area contributed by atoms with Gasteiger partial charge in [0.25, 0.3) is 5.91 Å². The molecular weight excluding hydrogens is 264 g/mol. The minimum atomic E-state index is -3.60. The maximum Gasteiger partial charge on any atom is 0.251 e. The summed E-state index contributed by atoms with van der Waals surface area (Å²) in [6.07, 6.45) is 7.02. The van der Waals surface area contributed by atoms with Crippen LogP contribution in [0.4, 0.5) is 0 Å². The second-order valence-corrected chi connectivity index (χ2v) is 6.07. The van der Waals surface area contributed by atoms with E-state index in [0.29, 0.717) is 5.56 Å². The lowest BCUT2D eigenvalue weighted by atomic mass is 10.2. The van der Waals surface area contributed by atoms with Gasteiger partial charge in [-0.25, -0.2) is 8.42 Å². The Morgan fingerprint density at radius 2 is 1.95 bits per heavy atom. The van der Waals surface area contributed by atoms with Crippen molar-refractivity contribution in [2.45, 2.75) is 23.8 Å². The zero-order valence-corrected chi connectivity index (χ0v) is 11.0. The fourth-order valence-electron chi connectivity index (χ4n) is 1.50. The van der Waals surface area contributed by atoms with E-state index >= 15 is 0 Å². The molecule has 0 radical (unpaired) electrons. The molecule has 1 aliphatic carbocycles. The number of carbonyl (C=O) groups excluding carboxylic acids is 1. The van der Waals surface area contributed by atoms with E-state index in [9.17, 15) is 13.2 Å². The molecule has 1 amide bonds. The predicted octanol–water partition coefficient (Wildman–Crippen LogP) is 0.490. The molecule has 2 N–H and O–H groups in total. The van der Waals surface area contributed by atoms with Gasteiger partial charge >= 0.3 is 0 Å². The second-order valence-electron chi connectivity index (χ2n) is 4.30. The zero-order valence-electron chi connectivity index (χ0n) is 10.2. The number of amides is 1. The molecule has 0 atom stereocenters. The highest BCUT2D eigenvalue weighted by Gasteiger charge is 2.24. The fourth-order valence-corrected chi connectivity index (χ4v) is 2.44. The summed E-state index contributed by atoms with van der Waals surface area (Å²) in [5, 5.41) is 2.83. The molecule has 6 heteroatoms. The Labute approximate surface area is 112 Å². The van der Waals surface area contributed by atoms with Crippen molar-refractivity contribution < 1.29 is 13.2 Å². The Morgan fingerprint density at radius 1 is 1.32 bits per heavy atom. The zero-order chi connectivity index (χ0) is 13.9. The van der Waals surface area contributed by atoms with Crippen LogP contribution in [0, 0.1) is 12.3 Å². The molecule has 2 rings (SSSR count). The Bertz CT molecular complexity index is 610. The number of benzene rings is 1. The van der Waals surface area contributed by atoms with Crippen LogP contribution in [0.25, 0.3) is 0 Å².